The van der Waals surface area contributed by atoms with Crippen molar-refractivity contribution in [1.29, 1.82) is 0 Å². The monoisotopic (exact) mass is 378 g/mol. The predicted molar refractivity (Wildman–Crippen MR) is 106 cm³/mol. The van der Waals surface area contributed by atoms with Gasteiger partial charge in [-0.05, 0) is 11.6 Å². The molecule has 1 saturated heterocycles. The normalized spacial score (nSPS) is 13.9. The van der Waals surface area contributed by atoms with Crippen LogP contribution in [0.3, 0.4) is 0 Å². The van der Waals surface area contributed by atoms with Gasteiger partial charge in [0.2, 0.25) is 5.91 Å². The number of amides is 1. The van der Waals surface area contributed by atoms with Crippen LogP contribution in [0.2, 0.25) is 5.02 Å². The summed E-state index contributed by atoms with van der Waals surface area (Å²) in [6, 6.07) is 19.5. The van der Waals surface area contributed by atoms with E-state index in [9.17, 15) is 4.79 Å². The molecule has 0 saturated carbocycles. The number of nitrogens with zero attached hydrogens (tertiary/aromatic N) is 3. The molecule has 27 heavy (non-hydrogen) atoms. The molecule has 1 fully saturated rings. The Morgan fingerprint density at radius 2 is 1.81 bits per heavy atom. The van der Waals surface area contributed by atoms with Crippen molar-refractivity contribution in [2.75, 3.05) is 18.0 Å². The van der Waals surface area contributed by atoms with Crippen LogP contribution in [-0.2, 0) is 11.3 Å². The van der Waals surface area contributed by atoms with Crippen LogP contribution in [0.4, 0.5) is 5.82 Å². The maximum Gasteiger partial charge on any atom is 0.226 e. The van der Waals surface area contributed by atoms with Crippen molar-refractivity contribution in [2.24, 2.45) is 5.92 Å². The summed E-state index contributed by atoms with van der Waals surface area (Å²) in [6.07, 6.45) is 1.57. The lowest BCUT2D eigenvalue weighted by Crippen LogP contribution is -2.54. The number of hydrogen-bond donors (Lipinski definition) is 1. The summed E-state index contributed by atoms with van der Waals surface area (Å²) in [5, 5.41) is 3.64. The fraction of sp³-hybridized carbons (Fsp3) is 0.190. The van der Waals surface area contributed by atoms with Gasteiger partial charge in [0.15, 0.2) is 0 Å². The second-order valence-electron chi connectivity index (χ2n) is 6.54. The van der Waals surface area contributed by atoms with Crippen LogP contribution in [-0.4, -0.2) is 29.0 Å². The highest BCUT2D eigenvalue weighted by molar-refractivity contribution is 6.31. The van der Waals surface area contributed by atoms with E-state index in [1.165, 1.54) is 0 Å². The first-order chi connectivity index (χ1) is 13.2. The first-order valence-electron chi connectivity index (χ1n) is 8.84. The van der Waals surface area contributed by atoms with E-state index in [4.69, 9.17) is 11.6 Å². The van der Waals surface area contributed by atoms with Crippen LogP contribution >= 0.6 is 11.6 Å². The van der Waals surface area contributed by atoms with Crippen molar-refractivity contribution in [1.82, 2.24) is 15.3 Å². The third kappa shape index (κ3) is 3.93. The topological polar surface area (TPSA) is 58.1 Å². The van der Waals surface area contributed by atoms with Gasteiger partial charge in [-0.3, -0.25) is 4.79 Å². The third-order valence-electron chi connectivity index (χ3n) is 4.71. The molecule has 3 aromatic rings. The Labute approximate surface area is 163 Å². The lowest BCUT2D eigenvalue weighted by molar-refractivity contribution is -0.125. The van der Waals surface area contributed by atoms with E-state index in [2.05, 4.69) is 20.2 Å². The third-order valence-corrected chi connectivity index (χ3v) is 5.08. The molecule has 5 nitrogen and oxygen atoms in total. The molecule has 2 aromatic carbocycles. The van der Waals surface area contributed by atoms with E-state index < -0.39 is 0 Å². The van der Waals surface area contributed by atoms with Gasteiger partial charge in [-0.15, -0.1) is 0 Å². The molecule has 1 aliphatic heterocycles. The molecule has 1 N–H and O–H groups in total. The Morgan fingerprint density at radius 1 is 1.07 bits per heavy atom. The molecule has 0 bridgehead atoms. The molecule has 136 valence electrons. The van der Waals surface area contributed by atoms with Crippen molar-refractivity contribution in [2.45, 2.75) is 6.54 Å². The molecule has 0 spiro atoms. The molecule has 0 atom stereocenters. The number of aromatic nitrogens is 2. The maximum atomic E-state index is 12.4. The Balaban J connectivity index is 1.34. The van der Waals surface area contributed by atoms with Gasteiger partial charge in [-0.25, -0.2) is 9.97 Å². The number of halogens is 1. The average Bonchev–Trinajstić information content (AvgIpc) is 2.67. The van der Waals surface area contributed by atoms with Crippen LogP contribution in [0.15, 0.2) is 67.0 Å². The molecule has 1 aliphatic rings. The smallest absolute Gasteiger partial charge is 0.226 e. The summed E-state index contributed by atoms with van der Waals surface area (Å²) in [5.41, 5.74) is 2.86. The van der Waals surface area contributed by atoms with Gasteiger partial charge >= 0.3 is 0 Å². The predicted octanol–water partition coefficient (Wildman–Crippen LogP) is 3.55. The largest absolute Gasteiger partial charge is 0.355 e. The highest BCUT2D eigenvalue weighted by Crippen LogP contribution is 2.26. The number of carbonyl (C=O) groups is 1. The van der Waals surface area contributed by atoms with E-state index >= 15 is 0 Å². The second kappa shape index (κ2) is 7.76. The zero-order valence-electron chi connectivity index (χ0n) is 14.7. The highest BCUT2D eigenvalue weighted by atomic mass is 35.5. The number of hydrogen-bond acceptors (Lipinski definition) is 4. The van der Waals surface area contributed by atoms with Gasteiger partial charge in [0.1, 0.15) is 12.1 Å². The molecule has 2 heterocycles. The van der Waals surface area contributed by atoms with Crippen molar-refractivity contribution >= 4 is 23.3 Å². The minimum Gasteiger partial charge on any atom is -0.355 e. The van der Waals surface area contributed by atoms with Crippen LogP contribution < -0.4 is 10.2 Å². The zero-order valence-corrected chi connectivity index (χ0v) is 15.4. The zero-order chi connectivity index (χ0) is 18.6. The van der Waals surface area contributed by atoms with E-state index in [0.29, 0.717) is 24.7 Å². The van der Waals surface area contributed by atoms with Gasteiger partial charge in [-0.2, -0.15) is 0 Å². The van der Waals surface area contributed by atoms with Crippen LogP contribution in [0.5, 0.6) is 0 Å². The quantitative estimate of drug-likeness (QED) is 0.737. The van der Waals surface area contributed by atoms with Crippen molar-refractivity contribution in [3.05, 3.63) is 77.6 Å². The maximum absolute atomic E-state index is 12.4. The highest BCUT2D eigenvalue weighted by Gasteiger charge is 2.33. The van der Waals surface area contributed by atoms with E-state index in [0.717, 1.165) is 22.6 Å². The Bertz CT molecular complexity index is 942. The summed E-state index contributed by atoms with van der Waals surface area (Å²) in [4.78, 5) is 23.2. The molecule has 1 aromatic heterocycles. The average molecular weight is 379 g/mol. The molecule has 6 heteroatoms. The minimum atomic E-state index is -0.0392. The lowest BCUT2D eigenvalue weighted by atomic mass is 9.99. The number of nitrogens with one attached hydrogen (secondary N) is 1. The van der Waals surface area contributed by atoms with Gasteiger partial charge in [-0.1, -0.05) is 60.1 Å². The van der Waals surface area contributed by atoms with Crippen LogP contribution in [0.1, 0.15) is 5.56 Å². The molecule has 0 radical (unpaired) electrons. The molecular formula is C21H19ClN4O. The first-order valence-corrected chi connectivity index (χ1v) is 9.22. The summed E-state index contributed by atoms with van der Waals surface area (Å²) in [6.45, 7) is 1.75. The van der Waals surface area contributed by atoms with Crippen LogP contribution in [0.25, 0.3) is 11.3 Å². The number of carbonyl (C=O) groups excluding carboxylic acids is 1. The summed E-state index contributed by atoms with van der Waals surface area (Å²) < 4.78 is 0. The Kier molecular flexibility index (Phi) is 5.03. The fourth-order valence-corrected chi connectivity index (χ4v) is 3.29. The first kappa shape index (κ1) is 17.5. The summed E-state index contributed by atoms with van der Waals surface area (Å²) in [5.74, 6) is 0.852. The second-order valence-corrected chi connectivity index (χ2v) is 6.95. The lowest BCUT2D eigenvalue weighted by Gasteiger charge is -2.39. The summed E-state index contributed by atoms with van der Waals surface area (Å²) in [7, 11) is 0. The van der Waals surface area contributed by atoms with Gasteiger partial charge in [0, 0.05) is 36.3 Å². The Hall–Kier alpha value is -2.92. The molecule has 0 unspecified atom stereocenters. The van der Waals surface area contributed by atoms with Crippen molar-refractivity contribution < 1.29 is 4.79 Å². The fourth-order valence-electron chi connectivity index (χ4n) is 3.09. The van der Waals surface area contributed by atoms with E-state index in [1.807, 2.05) is 60.7 Å². The number of anilines is 1. The number of rotatable bonds is 5. The van der Waals surface area contributed by atoms with Gasteiger partial charge < -0.3 is 10.2 Å². The van der Waals surface area contributed by atoms with Gasteiger partial charge in [0.25, 0.3) is 0 Å². The molecule has 1 amide bonds. The van der Waals surface area contributed by atoms with Crippen molar-refractivity contribution in [3.63, 3.8) is 0 Å². The van der Waals surface area contributed by atoms with E-state index in [1.54, 1.807) is 6.33 Å². The summed E-state index contributed by atoms with van der Waals surface area (Å²) >= 11 is 6.13. The molecule has 4 rings (SSSR count). The Morgan fingerprint density at radius 3 is 2.59 bits per heavy atom. The number of benzene rings is 2. The van der Waals surface area contributed by atoms with Gasteiger partial charge in [0.05, 0.1) is 11.6 Å². The molecule has 0 aliphatic carbocycles. The van der Waals surface area contributed by atoms with Crippen molar-refractivity contribution in [3.8, 4) is 11.3 Å². The standard InChI is InChI=1S/C21H19ClN4O/c22-18-9-5-4-8-16(18)11-23-21(27)17-12-26(13-17)20-10-19(24-14-25-20)15-6-2-1-3-7-15/h1-10,14,17H,11-13H2,(H,23,27). The molecular weight excluding hydrogens is 360 g/mol. The van der Waals surface area contributed by atoms with E-state index in [-0.39, 0.29) is 11.8 Å². The minimum absolute atomic E-state index is 0.0392. The SMILES string of the molecule is O=C(NCc1ccccc1Cl)C1CN(c2cc(-c3ccccc3)ncn2)C1. The van der Waals surface area contributed by atoms with Crippen LogP contribution in [0, 0.1) is 5.92 Å².